The SMILES string of the molecule is CCCNCC(C)C(C)c1ccncc1F. The van der Waals surface area contributed by atoms with Crippen molar-refractivity contribution < 1.29 is 4.39 Å². The first-order chi connectivity index (χ1) is 7.66. The Balaban J connectivity index is 2.56. The van der Waals surface area contributed by atoms with Gasteiger partial charge in [0.2, 0.25) is 0 Å². The summed E-state index contributed by atoms with van der Waals surface area (Å²) in [5, 5.41) is 3.37. The fourth-order valence-corrected chi connectivity index (χ4v) is 1.75. The number of rotatable bonds is 6. The van der Waals surface area contributed by atoms with Crippen molar-refractivity contribution in [3.05, 3.63) is 29.8 Å². The lowest BCUT2D eigenvalue weighted by Gasteiger charge is -2.21. The van der Waals surface area contributed by atoms with Gasteiger partial charge in [-0.2, -0.15) is 0 Å². The first-order valence-electron chi connectivity index (χ1n) is 5.97. The van der Waals surface area contributed by atoms with Crippen LogP contribution in [0.3, 0.4) is 0 Å². The van der Waals surface area contributed by atoms with Crippen LogP contribution in [0.2, 0.25) is 0 Å². The average Bonchev–Trinajstić information content (AvgIpc) is 2.29. The third-order valence-corrected chi connectivity index (χ3v) is 3.04. The molecule has 0 aliphatic rings. The average molecular weight is 224 g/mol. The van der Waals surface area contributed by atoms with E-state index in [1.807, 2.05) is 0 Å². The van der Waals surface area contributed by atoms with Crippen LogP contribution < -0.4 is 5.32 Å². The summed E-state index contributed by atoms with van der Waals surface area (Å²) < 4.78 is 13.5. The molecule has 0 amide bonds. The van der Waals surface area contributed by atoms with Crippen LogP contribution in [0.25, 0.3) is 0 Å². The van der Waals surface area contributed by atoms with Crippen LogP contribution in [0.4, 0.5) is 4.39 Å². The van der Waals surface area contributed by atoms with Gasteiger partial charge in [0.25, 0.3) is 0 Å². The van der Waals surface area contributed by atoms with Crippen molar-refractivity contribution in [1.29, 1.82) is 0 Å². The Morgan fingerprint density at radius 3 is 2.81 bits per heavy atom. The van der Waals surface area contributed by atoms with Crippen LogP contribution in [0.1, 0.15) is 38.7 Å². The summed E-state index contributed by atoms with van der Waals surface area (Å²) in [6.45, 7) is 8.31. The standard InChI is InChI=1S/C13H21FN2/c1-4-6-15-8-10(2)11(3)12-5-7-16-9-13(12)14/h5,7,9-11,15H,4,6,8H2,1-3H3. The maximum atomic E-state index is 13.5. The molecule has 0 bridgehead atoms. The second-order valence-corrected chi connectivity index (χ2v) is 4.37. The molecule has 0 fully saturated rings. The van der Waals surface area contributed by atoms with Crippen LogP contribution in [-0.4, -0.2) is 18.1 Å². The van der Waals surface area contributed by atoms with Gasteiger partial charge in [-0.05, 0) is 43.0 Å². The number of aromatic nitrogens is 1. The molecule has 3 heteroatoms. The van der Waals surface area contributed by atoms with Crippen molar-refractivity contribution in [1.82, 2.24) is 10.3 Å². The van der Waals surface area contributed by atoms with Crippen LogP contribution in [0.5, 0.6) is 0 Å². The summed E-state index contributed by atoms with van der Waals surface area (Å²) in [7, 11) is 0. The molecule has 90 valence electrons. The van der Waals surface area contributed by atoms with Gasteiger partial charge in [-0.25, -0.2) is 4.39 Å². The Hall–Kier alpha value is -0.960. The molecule has 0 saturated carbocycles. The van der Waals surface area contributed by atoms with Crippen molar-refractivity contribution in [2.75, 3.05) is 13.1 Å². The summed E-state index contributed by atoms with van der Waals surface area (Å²) in [5.74, 6) is 0.438. The first-order valence-corrected chi connectivity index (χ1v) is 5.97. The van der Waals surface area contributed by atoms with Gasteiger partial charge in [0.1, 0.15) is 5.82 Å². The molecule has 1 heterocycles. The van der Waals surface area contributed by atoms with E-state index in [0.717, 1.165) is 25.1 Å². The molecule has 2 nitrogen and oxygen atoms in total. The van der Waals surface area contributed by atoms with E-state index in [9.17, 15) is 4.39 Å². The van der Waals surface area contributed by atoms with Gasteiger partial charge in [0, 0.05) is 6.20 Å². The maximum absolute atomic E-state index is 13.5. The van der Waals surface area contributed by atoms with Crippen molar-refractivity contribution in [3.8, 4) is 0 Å². The summed E-state index contributed by atoms with van der Waals surface area (Å²) >= 11 is 0. The third kappa shape index (κ3) is 3.56. The molecular formula is C13H21FN2. The molecule has 0 saturated heterocycles. The lowest BCUT2D eigenvalue weighted by atomic mass is 9.89. The molecule has 0 spiro atoms. The minimum Gasteiger partial charge on any atom is -0.316 e. The largest absolute Gasteiger partial charge is 0.316 e. The van der Waals surface area contributed by atoms with Gasteiger partial charge in [-0.3, -0.25) is 4.98 Å². The molecule has 2 atom stereocenters. The fourth-order valence-electron chi connectivity index (χ4n) is 1.75. The number of hydrogen-bond donors (Lipinski definition) is 1. The molecule has 1 aromatic rings. The molecule has 0 aliphatic carbocycles. The highest BCUT2D eigenvalue weighted by Gasteiger charge is 2.17. The topological polar surface area (TPSA) is 24.9 Å². The molecule has 0 aliphatic heterocycles. The summed E-state index contributed by atoms with van der Waals surface area (Å²) in [4.78, 5) is 3.77. The smallest absolute Gasteiger partial charge is 0.144 e. The zero-order valence-corrected chi connectivity index (χ0v) is 10.3. The fraction of sp³-hybridized carbons (Fsp3) is 0.615. The van der Waals surface area contributed by atoms with E-state index in [0.29, 0.717) is 5.92 Å². The lowest BCUT2D eigenvalue weighted by Crippen LogP contribution is -2.25. The predicted molar refractivity (Wildman–Crippen MR) is 64.9 cm³/mol. The molecule has 16 heavy (non-hydrogen) atoms. The Morgan fingerprint density at radius 2 is 2.19 bits per heavy atom. The van der Waals surface area contributed by atoms with Crippen LogP contribution in [0, 0.1) is 11.7 Å². The second kappa shape index (κ2) is 6.59. The van der Waals surface area contributed by atoms with E-state index in [1.54, 1.807) is 12.3 Å². The molecular weight excluding hydrogens is 203 g/mol. The number of hydrogen-bond acceptors (Lipinski definition) is 2. The van der Waals surface area contributed by atoms with Gasteiger partial charge >= 0.3 is 0 Å². The van der Waals surface area contributed by atoms with E-state index in [4.69, 9.17) is 0 Å². The van der Waals surface area contributed by atoms with E-state index >= 15 is 0 Å². The predicted octanol–water partition coefficient (Wildman–Crippen LogP) is 2.96. The van der Waals surface area contributed by atoms with Crippen LogP contribution in [-0.2, 0) is 0 Å². The molecule has 1 aromatic heterocycles. The minimum atomic E-state index is -0.197. The Bertz CT molecular complexity index is 315. The van der Waals surface area contributed by atoms with Crippen molar-refractivity contribution in [2.24, 2.45) is 5.92 Å². The van der Waals surface area contributed by atoms with Crippen LogP contribution in [0.15, 0.2) is 18.5 Å². The Labute approximate surface area is 97.3 Å². The highest BCUT2D eigenvalue weighted by atomic mass is 19.1. The number of nitrogens with zero attached hydrogens (tertiary/aromatic N) is 1. The summed E-state index contributed by atoms with van der Waals surface area (Å²) in [5.41, 5.74) is 0.765. The van der Waals surface area contributed by atoms with Crippen molar-refractivity contribution in [2.45, 2.75) is 33.1 Å². The van der Waals surface area contributed by atoms with E-state index in [-0.39, 0.29) is 11.7 Å². The van der Waals surface area contributed by atoms with Crippen LogP contribution >= 0.6 is 0 Å². The van der Waals surface area contributed by atoms with E-state index in [1.165, 1.54) is 6.20 Å². The van der Waals surface area contributed by atoms with E-state index < -0.39 is 0 Å². The summed E-state index contributed by atoms with van der Waals surface area (Å²) in [6, 6.07) is 1.77. The maximum Gasteiger partial charge on any atom is 0.144 e. The van der Waals surface area contributed by atoms with Crippen molar-refractivity contribution in [3.63, 3.8) is 0 Å². The molecule has 1 rings (SSSR count). The Kier molecular flexibility index (Phi) is 5.39. The second-order valence-electron chi connectivity index (χ2n) is 4.37. The van der Waals surface area contributed by atoms with Crippen molar-refractivity contribution >= 4 is 0 Å². The van der Waals surface area contributed by atoms with Gasteiger partial charge in [0.05, 0.1) is 6.20 Å². The molecule has 0 radical (unpaired) electrons. The lowest BCUT2D eigenvalue weighted by molar-refractivity contribution is 0.434. The van der Waals surface area contributed by atoms with Gasteiger partial charge < -0.3 is 5.32 Å². The normalized spacial score (nSPS) is 14.8. The van der Waals surface area contributed by atoms with Gasteiger partial charge in [-0.1, -0.05) is 20.8 Å². The monoisotopic (exact) mass is 224 g/mol. The zero-order valence-electron chi connectivity index (χ0n) is 10.3. The summed E-state index contributed by atoms with van der Waals surface area (Å²) in [6.07, 6.45) is 4.07. The number of pyridine rings is 1. The number of nitrogens with one attached hydrogen (secondary N) is 1. The quantitative estimate of drug-likeness (QED) is 0.751. The van der Waals surface area contributed by atoms with E-state index in [2.05, 4.69) is 31.1 Å². The third-order valence-electron chi connectivity index (χ3n) is 3.04. The zero-order chi connectivity index (χ0) is 12.0. The highest BCUT2D eigenvalue weighted by Crippen LogP contribution is 2.25. The minimum absolute atomic E-state index is 0.197. The van der Waals surface area contributed by atoms with Gasteiger partial charge in [-0.15, -0.1) is 0 Å². The van der Waals surface area contributed by atoms with Gasteiger partial charge in [0.15, 0.2) is 0 Å². The highest BCUT2D eigenvalue weighted by molar-refractivity contribution is 5.18. The molecule has 1 N–H and O–H groups in total. The Morgan fingerprint density at radius 1 is 1.44 bits per heavy atom. The number of halogens is 1. The molecule has 2 unspecified atom stereocenters. The molecule has 0 aromatic carbocycles. The first kappa shape index (κ1) is 13.1.